The van der Waals surface area contributed by atoms with Crippen LogP contribution in [0.25, 0.3) is 0 Å². The first kappa shape index (κ1) is 13.9. The van der Waals surface area contributed by atoms with Crippen molar-refractivity contribution in [3.05, 3.63) is 41.4 Å². The van der Waals surface area contributed by atoms with Crippen LogP contribution < -0.4 is 4.74 Å². The smallest absolute Gasteiger partial charge is 0.268 e. The Kier molecular flexibility index (Phi) is 5.94. The second-order valence-electron chi connectivity index (χ2n) is 3.47. The van der Waals surface area contributed by atoms with Crippen molar-refractivity contribution in [1.82, 2.24) is 0 Å². The van der Waals surface area contributed by atoms with Gasteiger partial charge in [-0.25, -0.2) is 0 Å². The molecule has 1 aromatic carbocycles. The minimum absolute atomic E-state index is 0.241. The van der Waals surface area contributed by atoms with Crippen molar-refractivity contribution in [3.63, 3.8) is 0 Å². The van der Waals surface area contributed by atoms with Gasteiger partial charge in [0.2, 0.25) is 0 Å². The van der Waals surface area contributed by atoms with Gasteiger partial charge < -0.3 is 9.84 Å². The number of ether oxygens (including phenoxy) is 1. The van der Waals surface area contributed by atoms with Crippen LogP contribution in [0.3, 0.4) is 0 Å². The van der Waals surface area contributed by atoms with E-state index in [1.807, 2.05) is 0 Å². The van der Waals surface area contributed by atoms with Gasteiger partial charge in [0.25, 0.3) is 6.08 Å². The van der Waals surface area contributed by atoms with E-state index in [0.717, 1.165) is 0 Å². The molecule has 94 valence electrons. The second kappa shape index (κ2) is 7.25. The highest BCUT2D eigenvalue weighted by Crippen LogP contribution is 2.16. The molecule has 5 heteroatoms. The van der Waals surface area contributed by atoms with Crippen molar-refractivity contribution in [2.75, 3.05) is 6.61 Å². The van der Waals surface area contributed by atoms with Crippen molar-refractivity contribution in [1.29, 1.82) is 0 Å². The molecule has 0 bridgehead atoms. The van der Waals surface area contributed by atoms with E-state index in [1.54, 1.807) is 24.3 Å². The standard InChI is InChI=1S/C12H13ClF2O2/c13-9-3-5-11(6-4-9)17-7-1-2-10(16)8-12(14)15/h3-6,8,10,16H,1-2,7H2. The van der Waals surface area contributed by atoms with Crippen LogP contribution in [0.15, 0.2) is 36.4 Å². The van der Waals surface area contributed by atoms with E-state index in [1.165, 1.54) is 0 Å². The summed E-state index contributed by atoms with van der Waals surface area (Å²) >= 11 is 5.70. The molecule has 0 amide bonds. The zero-order valence-corrected chi connectivity index (χ0v) is 9.83. The van der Waals surface area contributed by atoms with Gasteiger partial charge >= 0.3 is 0 Å². The Hall–Kier alpha value is -1.13. The highest BCUT2D eigenvalue weighted by molar-refractivity contribution is 6.30. The van der Waals surface area contributed by atoms with Crippen molar-refractivity contribution in [2.24, 2.45) is 0 Å². The fourth-order valence-electron chi connectivity index (χ4n) is 1.24. The summed E-state index contributed by atoms with van der Waals surface area (Å²) in [7, 11) is 0. The Labute approximate surface area is 103 Å². The highest BCUT2D eigenvalue weighted by atomic mass is 35.5. The minimum atomic E-state index is -1.86. The molecule has 0 fully saturated rings. The number of aliphatic hydroxyl groups is 1. The van der Waals surface area contributed by atoms with E-state index in [4.69, 9.17) is 21.4 Å². The molecule has 1 atom stereocenters. The molecule has 0 aliphatic heterocycles. The lowest BCUT2D eigenvalue weighted by Gasteiger charge is -2.07. The fraction of sp³-hybridized carbons (Fsp3) is 0.333. The summed E-state index contributed by atoms with van der Waals surface area (Å²) in [6, 6.07) is 6.85. The Morgan fingerprint density at radius 3 is 2.59 bits per heavy atom. The number of hydrogen-bond acceptors (Lipinski definition) is 2. The molecule has 0 aromatic heterocycles. The highest BCUT2D eigenvalue weighted by Gasteiger charge is 2.03. The SMILES string of the molecule is OC(C=C(F)F)CCCOc1ccc(Cl)cc1. The maximum Gasteiger partial charge on any atom is 0.268 e. The van der Waals surface area contributed by atoms with Crippen LogP contribution in [-0.4, -0.2) is 17.8 Å². The molecule has 0 aliphatic rings. The summed E-state index contributed by atoms with van der Waals surface area (Å²) in [4.78, 5) is 0. The first-order valence-electron chi connectivity index (χ1n) is 5.17. The molecule has 1 unspecified atom stereocenters. The van der Waals surface area contributed by atoms with Crippen LogP contribution >= 0.6 is 11.6 Å². The van der Waals surface area contributed by atoms with Gasteiger partial charge in [-0.15, -0.1) is 0 Å². The maximum atomic E-state index is 11.8. The van der Waals surface area contributed by atoms with Gasteiger partial charge in [-0.1, -0.05) is 11.6 Å². The average molecular weight is 263 g/mol. The van der Waals surface area contributed by atoms with E-state index in [-0.39, 0.29) is 6.42 Å². The van der Waals surface area contributed by atoms with Gasteiger partial charge in [0.15, 0.2) is 0 Å². The number of benzene rings is 1. The molecular formula is C12H13ClF2O2. The van der Waals surface area contributed by atoms with Gasteiger partial charge in [-0.05, 0) is 37.1 Å². The predicted octanol–water partition coefficient (Wildman–Crippen LogP) is 3.64. The number of halogens is 3. The summed E-state index contributed by atoms with van der Waals surface area (Å²) in [6.45, 7) is 0.362. The van der Waals surface area contributed by atoms with Crippen molar-refractivity contribution < 1.29 is 18.6 Å². The van der Waals surface area contributed by atoms with Gasteiger partial charge in [-0.3, -0.25) is 0 Å². The van der Waals surface area contributed by atoms with E-state index in [2.05, 4.69) is 0 Å². The second-order valence-corrected chi connectivity index (χ2v) is 3.90. The zero-order valence-electron chi connectivity index (χ0n) is 9.07. The van der Waals surface area contributed by atoms with Crippen LogP contribution in [0.2, 0.25) is 5.02 Å². The summed E-state index contributed by atoms with van der Waals surface area (Å²) in [6.07, 6.45) is -1.72. The molecular weight excluding hydrogens is 250 g/mol. The maximum absolute atomic E-state index is 11.8. The van der Waals surface area contributed by atoms with Gasteiger partial charge in [-0.2, -0.15) is 8.78 Å². The van der Waals surface area contributed by atoms with Crippen LogP contribution in [0, 0.1) is 0 Å². The quantitative estimate of drug-likeness (QED) is 0.793. The third-order valence-electron chi connectivity index (χ3n) is 2.04. The zero-order chi connectivity index (χ0) is 12.7. The van der Waals surface area contributed by atoms with Crippen LogP contribution in [0.4, 0.5) is 8.78 Å². The lowest BCUT2D eigenvalue weighted by molar-refractivity contribution is 0.189. The molecule has 0 saturated heterocycles. The molecule has 17 heavy (non-hydrogen) atoms. The molecule has 0 saturated carbocycles. The summed E-state index contributed by atoms with van der Waals surface area (Å²) < 4.78 is 28.8. The molecule has 1 aromatic rings. The molecule has 2 nitrogen and oxygen atoms in total. The van der Waals surface area contributed by atoms with Gasteiger partial charge in [0, 0.05) is 11.1 Å². The third kappa shape index (κ3) is 6.24. The molecule has 0 radical (unpaired) electrons. The van der Waals surface area contributed by atoms with Crippen LogP contribution in [0.1, 0.15) is 12.8 Å². The van der Waals surface area contributed by atoms with Crippen LogP contribution in [0.5, 0.6) is 5.75 Å². The van der Waals surface area contributed by atoms with Crippen molar-refractivity contribution in [2.45, 2.75) is 18.9 Å². The van der Waals surface area contributed by atoms with Crippen molar-refractivity contribution in [3.8, 4) is 5.75 Å². The van der Waals surface area contributed by atoms with Gasteiger partial charge in [0.05, 0.1) is 12.7 Å². The molecule has 1 N–H and O–H groups in total. The Morgan fingerprint density at radius 2 is 2.00 bits per heavy atom. The number of aliphatic hydroxyl groups excluding tert-OH is 1. The first-order valence-corrected chi connectivity index (χ1v) is 5.55. The molecule has 0 aliphatic carbocycles. The lowest BCUT2D eigenvalue weighted by atomic mass is 10.2. The lowest BCUT2D eigenvalue weighted by Crippen LogP contribution is -2.06. The van der Waals surface area contributed by atoms with Crippen molar-refractivity contribution >= 4 is 11.6 Å². The molecule has 1 rings (SSSR count). The van der Waals surface area contributed by atoms with E-state index in [9.17, 15) is 8.78 Å². The Morgan fingerprint density at radius 1 is 1.35 bits per heavy atom. The Balaban J connectivity index is 2.20. The number of hydrogen-bond donors (Lipinski definition) is 1. The topological polar surface area (TPSA) is 29.5 Å². The average Bonchev–Trinajstić information content (AvgIpc) is 2.26. The minimum Gasteiger partial charge on any atom is -0.494 e. The van der Waals surface area contributed by atoms with Crippen LogP contribution in [-0.2, 0) is 0 Å². The molecule has 0 spiro atoms. The van der Waals surface area contributed by atoms with E-state index < -0.39 is 12.2 Å². The van der Waals surface area contributed by atoms with Gasteiger partial charge in [0.1, 0.15) is 5.75 Å². The Bertz CT molecular complexity index is 361. The molecule has 0 heterocycles. The normalized spacial score (nSPS) is 12.0. The monoisotopic (exact) mass is 262 g/mol. The first-order chi connectivity index (χ1) is 8.08. The predicted molar refractivity (Wildman–Crippen MR) is 62.5 cm³/mol. The number of rotatable bonds is 6. The summed E-state index contributed by atoms with van der Waals surface area (Å²) in [5.41, 5.74) is 0. The van der Waals surface area contributed by atoms with E-state index in [0.29, 0.717) is 29.9 Å². The fourth-order valence-corrected chi connectivity index (χ4v) is 1.37. The summed E-state index contributed by atoms with van der Waals surface area (Å²) in [5, 5.41) is 9.75. The van der Waals surface area contributed by atoms with E-state index >= 15 is 0 Å². The third-order valence-corrected chi connectivity index (χ3v) is 2.30. The summed E-state index contributed by atoms with van der Waals surface area (Å²) in [5.74, 6) is 0.663. The largest absolute Gasteiger partial charge is 0.494 e.